The fraction of sp³-hybridized carbons (Fsp3) is 0.222. The van der Waals surface area contributed by atoms with Crippen LogP contribution in [0.25, 0.3) is 0 Å². The summed E-state index contributed by atoms with van der Waals surface area (Å²) >= 11 is 0. The van der Waals surface area contributed by atoms with Gasteiger partial charge in [-0.1, -0.05) is 36.4 Å². The Morgan fingerprint density at radius 3 is 1.79 bits per heavy atom. The second kappa shape index (κ2) is 9.19. The van der Waals surface area contributed by atoms with Crippen molar-refractivity contribution in [3.05, 3.63) is 60.7 Å². The maximum Gasteiger partial charge on any atom is 0.306 e. The molecule has 0 atom stereocenters. The number of ether oxygens (including phenoxy) is 3. The van der Waals surface area contributed by atoms with Gasteiger partial charge in [0.2, 0.25) is 0 Å². The number of carbonyl (C=O) groups is 2. The predicted octanol–water partition coefficient (Wildman–Crippen LogP) is 2.88. The van der Waals surface area contributed by atoms with Crippen molar-refractivity contribution in [3.8, 4) is 11.5 Å². The predicted molar refractivity (Wildman–Crippen MR) is 85.8 cm³/mol. The summed E-state index contributed by atoms with van der Waals surface area (Å²) in [5.41, 5.74) is 0. The van der Waals surface area contributed by atoms with Crippen molar-refractivity contribution in [2.45, 2.75) is 19.1 Å². The van der Waals surface area contributed by atoms with E-state index in [0.717, 1.165) is 0 Å². The average molecular weight is 330 g/mol. The smallest absolute Gasteiger partial charge is 0.306 e. The lowest BCUT2D eigenvalue weighted by atomic mass is 10.3. The Labute approximate surface area is 139 Å². The van der Waals surface area contributed by atoms with E-state index in [0.29, 0.717) is 11.5 Å². The Balaban J connectivity index is 1.94. The number of hydrogen-bond donors (Lipinski definition) is 1. The van der Waals surface area contributed by atoms with Crippen LogP contribution in [-0.4, -0.2) is 29.9 Å². The molecule has 0 bridgehead atoms. The molecule has 1 N–H and O–H groups in total. The first-order valence-electron chi connectivity index (χ1n) is 7.44. The SMILES string of the molecule is O=C(O)CCC(=O)OCC(Oc1ccccc1)Oc1ccccc1. The molecule has 0 radical (unpaired) electrons. The Morgan fingerprint density at radius 2 is 1.33 bits per heavy atom. The number of esters is 1. The molecule has 0 heterocycles. The van der Waals surface area contributed by atoms with Gasteiger partial charge in [0, 0.05) is 0 Å². The fourth-order valence-electron chi connectivity index (χ4n) is 1.84. The van der Waals surface area contributed by atoms with E-state index in [4.69, 9.17) is 19.3 Å². The van der Waals surface area contributed by atoms with Crippen LogP contribution in [0.4, 0.5) is 0 Å². The van der Waals surface area contributed by atoms with Crippen molar-refractivity contribution >= 4 is 11.9 Å². The lowest BCUT2D eigenvalue weighted by molar-refractivity contribution is -0.154. The van der Waals surface area contributed by atoms with Gasteiger partial charge in [-0.2, -0.15) is 0 Å². The second-order valence-corrected chi connectivity index (χ2v) is 4.87. The molecule has 0 aliphatic carbocycles. The van der Waals surface area contributed by atoms with E-state index in [1.165, 1.54) is 0 Å². The zero-order valence-electron chi connectivity index (χ0n) is 13.0. The van der Waals surface area contributed by atoms with E-state index in [1.807, 2.05) is 36.4 Å². The van der Waals surface area contributed by atoms with Gasteiger partial charge in [-0.3, -0.25) is 9.59 Å². The summed E-state index contributed by atoms with van der Waals surface area (Å²) in [7, 11) is 0. The fourth-order valence-corrected chi connectivity index (χ4v) is 1.84. The molecule has 0 saturated heterocycles. The van der Waals surface area contributed by atoms with Gasteiger partial charge in [-0.15, -0.1) is 0 Å². The molecule has 0 spiro atoms. The molecule has 2 rings (SSSR count). The minimum absolute atomic E-state index is 0.151. The maximum absolute atomic E-state index is 11.6. The Kier molecular flexibility index (Phi) is 6.64. The van der Waals surface area contributed by atoms with Gasteiger partial charge in [0.25, 0.3) is 6.29 Å². The molecule has 6 heteroatoms. The number of carboxylic acids is 1. The second-order valence-electron chi connectivity index (χ2n) is 4.87. The van der Waals surface area contributed by atoms with Gasteiger partial charge in [0.15, 0.2) is 6.61 Å². The third kappa shape index (κ3) is 6.39. The van der Waals surface area contributed by atoms with Crippen molar-refractivity contribution in [2.75, 3.05) is 6.61 Å². The molecule has 0 aromatic heterocycles. The molecular weight excluding hydrogens is 312 g/mol. The molecule has 0 aliphatic heterocycles. The van der Waals surface area contributed by atoms with Crippen molar-refractivity contribution in [3.63, 3.8) is 0 Å². The van der Waals surface area contributed by atoms with Crippen LogP contribution in [0.2, 0.25) is 0 Å². The van der Waals surface area contributed by atoms with E-state index >= 15 is 0 Å². The maximum atomic E-state index is 11.6. The van der Waals surface area contributed by atoms with E-state index in [-0.39, 0.29) is 19.4 Å². The van der Waals surface area contributed by atoms with Crippen LogP contribution in [0.1, 0.15) is 12.8 Å². The highest BCUT2D eigenvalue weighted by molar-refractivity contribution is 5.76. The number of hydrogen-bond acceptors (Lipinski definition) is 5. The largest absolute Gasteiger partial charge is 0.481 e. The molecular formula is C18H18O6. The standard InChI is InChI=1S/C18H18O6/c19-16(20)11-12-17(21)22-13-18(23-14-7-3-1-4-8-14)24-15-9-5-2-6-10-15/h1-10,18H,11-13H2,(H,19,20). The summed E-state index contributed by atoms with van der Waals surface area (Å²) < 4.78 is 16.4. The average Bonchev–Trinajstić information content (AvgIpc) is 2.59. The first kappa shape index (κ1) is 17.3. The first-order chi connectivity index (χ1) is 11.6. The van der Waals surface area contributed by atoms with Crippen LogP contribution >= 0.6 is 0 Å². The zero-order chi connectivity index (χ0) is 17.2. The lowest BCUT2D eigenvalue weighted by Gasteiger charge is -2.20. The Bertz CT molecular complexity index is 600. The first-order valence-corrected chi connectivity index (χ1v) is 7.44. The third-order valence-electron chi connectivity index (χ3n) is 2.94. The van der Waals surface area contributed by atoms with Crippen molar-refractivity contribution in [1.82, 2.24) is 0 Å². The summed E-state index contributed by atoms with van der Waals surface area (Å²) in [5.74, 6) is -0.527. The number of aliphatic carboxylic acids is 1. The molecule has 0 amide bonds. The number of rotatable bonds is 9. The van der Waals surface area contributed by atoms with E-state index in [9.17, 15) is 9.59 Å². The van der Waals surface area contributed by atoms with Crippen LogP contribution in [0.3, 0.4) is 0 Å². The molecule has 0 aliphatic rings. The molecule has 6 nitrogen and oxygen atoms in total. The Morgan fingerprint density at radius 1 is 0.833 bits per heavy atom. The zero-order valence-corrected chi connectivity index (χ0v) is 13.0. The third-order valence-corrected chi connectivity index (χ3v) is 2.94. The summed E-state index contributed by atoms with van der Waals surface area (Å²) in [6.07, 6.45) is -1.31. The molecule has 0 saturated carbocycles. The minimum Gasteiger partial charge on any atom is -0.481 e. The van der Waals surface area contributed by atoms with Crippen LogP contribution in [0.5, 0.6) is 11.5 Å². The molecule has 126 valence electrons. The number of carbonyl (C=O) groups excluding carboxylic acids is 1. The summed E-state index contributed by atoms with van der Waals surface area (Å²) in [5, 5.41) is 8.57. The molecule has 0 unspecified atom stereocenters. The van der Waals surface area contributed by atoms with Gasteiger partial charge in [0.1, 0.15) is 11.5 Å². The van der Waals surface area contributed by atoms with Gasteiger partial charge < -0.3 is 19.3 Å². The van der Waals surface area contributed by atoms with Crippen molar-refractivity contribution in [2.24, 2.45) is 0 Å². The van der Waals surface area contributed by atoms with Crippen molar-refractivity contribution < 1.29 is 28.9 Å². The normalized spacial score (nSPS) is 10.2. The van der Waals surface area contributed by atoms with Crippen LogP contribution in [0.15, 0.2) is 60.7 Å². The number of para-hydroxylation sites is 2. The number of carboxylic acid groups (broad SMARTS) is 1. The van der Waals surface area contributed by atoms with Gasteiger partial charge in [-0.25, -0.2) is 0 Å². The van der Waals surface area contributed by atoms with Gasteiger partial charge in [0.05, 0.1) is 12.8 Å². The Hall–Kier alpha value is -3.02. The highest BCUT2D eigenvalue weighted by Gasteiger charge is 2.16. The summed E-state index contributed by atoms with van der Waals surface area (Å²) in [6.45, 7) is -0.151. The highest BCUT2D eigenvalue weighted by atomic mass is 16.7. The topological polar surface area (TPSA) is 82.1 Å². The molecule has 2 aromatic rings. The van der Waals surface area contributed by atoms with Crippen LogP contribution in [-0.2, 0) is 14.3 Å². The van der Waals surface area contributed by atoms with Crippen LogP contribution in [0, 0.1) is 0 Å². The minimum atomic E-state index is -1.05. The van der Waals surface area contributed by atoms with Crippen molar-refractivity contribution in [1.29, 1.82) is 0 Å². The molecule has 0 fully saturated rings. The molecule has 2 aromatic carbocycles. The summed E-state index contributed by atoms with van der Waals surface area (Å²) in [4.78, 5) is 22.0. The highest BCUT2D eigenvalue weighted by Crippen LogP contribution is 2.16. The van der Waals surface area contributed by atoms with E-state index in [1.54, 1.807) is 24.3 Å². The monoisotopic (exact) mass is 330 g/mol. The van der Waals surface area contributed by atoms with Crippen LogP contribution < -0.4 is 9.47 Å². The number of benzene rings is 2. The van der Waals surface area contributed by atoms with Gasteiger partial charge in [-0.05, 0) is 24.3 Å². The van der Waals surface area contributed by atoms with E-state index < -0.39 is 18.2 Å². The van der Waals surface area contributed by atoms with E-state index in [2.05, 4.69) is 0 Å². The quantitative estimate of drug-likeness (QED) is 0.562. The lowest BCUT2D eigenvalue weighted by Crippen LogP contribution is -2.31. The summed E-state index contributed by atoms with van der Waals surface area (Å²) in [6, 6.07) is 18.0. The van der Waals surface area contributed by atoms with Gasteiger partial charge >= 0.3 is 11.9 Å². The molecule has 24 heavy (non-hydrogen) atoms.